The van der Waals surface area contributed by atoms with Crippen LogP contribution in [0.5, 0.6) is 0 Å². The number of hydrogen-bond donors (Lipinski definition) is 2. The number of amides is 1. The Morgan fingerprint density at radius 1 is 1.14 bits per heavy atom. The van der Waals surface area contributed by atoms with E-state index in [4.69, 9.17) is 28.9 Å². The Bertz CT molecular complexity index is 641. The van der Waals surface area contributed by atoms with E-state index in [9.17, 15) is 4.79 Å². The lowest BCUT2D eigenvalue weighted by molar-refractivity contribution is -0.117. The SMILES string of the molecule is CC(Nc1ccc(CC(N)=O)cc1)c1ccc(Cl)c(Cl)c1. The van der Waals surface area contributed by atoms with E-state index < -0.39 is 0 Å². The summed E-state index contributed by atoms with van der Waals surface area (Å²) in [6, 6.07) is 13.3. The molecule has 0 aliphatic heterocycles. The number of hydrogen-bond acceptors (Lipinski definition) is 2. The van der Waals surface area contributed by atoms with Crippen LogP contribution in [0.15, 0.2) is 42.5 Å². The van der Waals surface area contributed by atoms with Gasteiger partial charge in [0, 0.05) is 11.7 Å². The molecule has 1 unspecified atom stereocenters. The largest absolute Gasteiger partial charge is 0.379 e. The van der Waals surface area contributed by atoms with Crippen LogP contribution in [0.25, 0.3) is 0 Å². The van der Waals surface area contributed by atoms with E-state index in [1.165, 1.54) is 0 Å². The Morgan fingerprint density at radius 2 is 1.81 bits per heavy atom. The molecule has 0 aliphatic carbocycles. The van der Waals surface area contributed by atoms with Crippen molar-refractivity contribution in [3.63, 3.8) is 0 Å². The predicted molar refractivity (Wildman–Crippen MR) is 87.8 cm³/mol. The van der Waals surface area contributed by atoms with E-state index in [2.05, 4.69) is 5.32 Å². The maximum Gasteiger partial charge on any atom is 0.221 e. The van der Waals surface area contributed by atoms with Crippen molar-refractivity contribution in [1.29, 1.82) is 0 Å². The molecule has 0 aliphatic rings. The van der Waals surface area contributed by atoms with Crippen molar-refractivity contribution >= 4 is 34.8 Å². The number of halogens is 2. The van der Waals surface area contributed by atoms with Gasteiger partial charge in [0.2, 0.25) is 5.91 Å². The van der Waals surface area contributed by atoms with E-state index in [0.29, 0.717) is 10.0 Å². The minimum Gasteiger partial charge on any atom is -0.379 e. The van der Waals surface area contributed by atoms with E-state index in [0.717, 1.165) is 16.8 Å². The van der Waals surface area contributed by atoms with Crippen LogP contribution in [0, 0.1) is 0 Å². The third-order valence-corrected chi connectivity index (χ3v) is 3.90. The van der Waals surface area contributed by atoms with Crippen LogP contribution in [0.4, 0.5) is 5.69 Å². The number of rotatable bonds is 5. The Hall–Kier alpha value is -1.71. The number of benzene rings is 2. The third kappa shape index (κ3) is 4.38. The maximum atomic E-state index is 10.9. The molecule has 2 aromatic rings. The van der Waals surface area contributed by atoms with E-state index in [1.807, 2.05) is 43.3 Å². The monoisotopic (exact) mass is 322 g/mol. The molecule has 0 spiro atoms. The van der Waals surface area contributed by atoms with Crippen LogP contribution in [-0.4, -0.2) is 5.91 Å². The summed E-state index contributed by atoms with van der Waals surface area (Å²) in [5.41, 5.74) is 8.07. The fraction of sp³-hybridized carbons (Fsp3) is 0.188. The van der Waals surface area contributed by atoms with Gasteiger partial charge in [-0.15, -0.1) is 0 Å². The van der Waals surface area contributed by atoms with Gasteiger partial charge in [-0.2, -0.15) is 0 Å². The zero-order chi connectivity index (χ0) is 15.4. The fourth-order valence-electron chi connectivity index (χ4n) is 2.04. The van der Waals surface area contributed by atoms with Gasteiger partial charge in [0.05, 0.1) is 16.5 Å². The number of carbonyl (C=O) groups is 1. The molecule has 1 amide bonds. The van der Waals surface area contributed by atoms with Gasteiger partial charge in [0.1, 0.15) is 0 Å². The van der Waals surface area contributed by atoms with Gasteiger partial charge < -0.3 is 11.1 Å². The van der Waals surface area contributed by atoms with Crippen molar-refractivity contribution in [2.24, 2.45) is 5.73 Å². The summed E-state index contributed by atoms with van der Waals surface area (Å²) in [6.45, 7) is 2.04. The minimum atomic E-state index is -0.333. The van der Waals surface area contributed by atoms with Gasteiger partial charge >= 0.3 is 0 Å². The Balaban J connectivity index is 2.06. The molecule has 0 heterocycles. The highest BCUT2D eigenvalue weighted by Gasteiger charge is 2.08. The summed E-state index contributed by atoms with van der Waals surface area (Å²) < 4.78 is 0. The number of anilines is 1. The second kappa shape index (κ2) is 6.83. The Labute approximate surface area is 134 Å². The minimum absolute atomic E-state index is 0.0850. The topological polar surface area (TPSA) is 55.1 Å². The van der Waals surface area contributed by atoms with Crippen molar-refractivity contribution in [3.8, 4) is 0 Å². The Kier molecular flexibility index (Phi) is 5.10. The van der Waals surface area contributed by atoms with Crippen LogP contribution in [-0.2, 0) is 11.2 Å². The lowest BCUT2D eigenvalue weighted by Gasteiger charge is -2.16. The molecule has 0 saturated carbocycles. The summed E-state index contributed by atoms with van der Waals surface area (Å²) in [5.74, 6) is -0.333. The van der Waals surface area contributed by atoms with Crippen LogP contribution in [0.2, 0.25) is 10.0 Å². The molecular weight excluding hydrogens is 307 g/mol. The summed E-state index contributed by atoms with van der Waals surface area (Å²) in [7, 11) is 0. The molecule has 21 heavy (non-hydrogen) atoms. The first kappa shape index (κ1) is 15.7. The molecule has 2 aromatic carbocycles. The number of nitrogens with two attached hydrogens (primary N) is 1. The molecule has 0 radical (unpaired) electrons. The van der Waals surface area contributed by atoms with E-state index in [-0.39, 0.29) is 18.4 Å². The molecule has 2 rings (SSSR count). The normalized spacial score (nSPS) is 12.0. The van der Waals surface area contributed by atoms with Crippen molar-refractivity contribution in [2.75, 3.05) is 5.32 Å². The summed E-state index contributed by atoms with van der Waals surface area (Å²) in [4.78, 5) is 10.9. The zero-order valence-corrected chi connectivity index (χ0v) is 13.1. The second-order valence-electron chi connectivity index (χ2n) is 4.88. The number of primary amides is 1. The van der Waals surface area contributed by atoms with E-state index in [1.54, 1.807) is 6.07 Å². The first-order chi connectivity index (χ1) is 9.95. The summed E-state index contributed by atoms with van der Waals surface area (Å²) in [5, 5.41) is 4.45. The molecule has 0 bridgehead atoms. The van der Waals surface area contributed by atoms with Gasteiger partial charge in [-0.1, -0.05) is 41.4 Å². The highest BCUT2D eigenvalue weighted by molar-refractivity contribution is 6.42. The van der Waals surface area contributed by atoms with E-state index >= 15 is 0 Å². The molecule has 0 saturated heterocycles. The van der Waals surface area contributed by atoms with Crippen LogP contribution in [0.3, 0.4) is 0 Å². The summed E-state index contributed by atoms with van der Waals surface area (Å²) >= 11 is 11.9. The molecule has 0 aromatic heterocycles. The first-order valence-corrected chi connectivity index (χ1v) is 7.30. The first-order valence-electron chi connectivity index (χ1n) is 6.54. The molecule has 3 nitrogen and oxygen atoms in total. The average molecular weight is 323 g/mol. The number of carbonyl (C=O) groups excluding carboxylic acids is 1. The van der Waals surface area contributed by atoms with Gasteiger partial charge in [-0.05, 0) is 42.3 Å². The third-order valence-electron chi connectivity index (χ3n) is 3.16. The number of nitrogens with one attached hydrogen (secondary N) is 1. The highest BCUT2D eigenvalue weighted by Crippen LogP contribution is 2.27. The lowest BCUT2D eigenvalue weighted by atomic mass is 10.1. The highest BCUT2D eigenvalue weighted by atomic mass is 35.5. The van der Waals surface area contributed by atoms with Crippen LogP contribution in [0.1, 0.15) is 24.1 Å². The van der Waals surface area contributed by atoms with Gasteiger partial charge in [-0.25, -0.2) is 0 Å². The molecule has 0 fully saturated rings. The quantitative estimate of drug-likeness (QED) is 0.867. The summed E-state index contributed by atoms with van der Waals surface area (Å²) in [6.07, 6.45) is 0.253. The van der Waals surface area contributed by atoms with Gasteiger partial charge in [0.25, 0.3) is 0 Å². The zero-order valence-electron chi connectivity index (χ0n) is 11.6. The fourth-order valence-corrected chi connectivity index (χ4v) is 2.34. The standard InChI is InChI=1S/C16H16Cl2N2O/c1-10(12-4-7-14(17)15(18)9-12)20-13-5-2-11(3-6-13)8-16(19)21/h2-7,9-10,20H,8H2,1H3,(H2,19,21). The second-order valence-corrected chi connectivity index (χ2v) is 5.69. The molecule has 3 N–H and O–H groups in total. The Morgan fingerprint density at radius 3 is 2.38 bits per heavy atom. The lowest BCUT2D eigenvalue weighted by Crippen LogP contribution is -2.13. The van der Waals surface area contributed by atoms with Crippen molar-refractivity contribution in [3.05, 3.63) is 63.6 Å². The van der Waals surface area contributed by atoms with Gasteiger partial charge in [-0.3, -0.25) is 4.79 Å². The maximum absolute atomic E-state index is 10.9. The van der Waals surface area contributed by atoms with Crippen molar-refractivity contribution in [2.45, 2.75) is 19.4 Å². The molecular formula is C16H16Cl2N2O. The van der Waals surface area contributed by atoms with Crippen LogP contribution < -0.4 is 11.1 Å². The van der Waals surface area contributed by atoms with Crippen LogP contribution >= 0.6 is 23.2 Å². The smallest absolute Gasteiger partial charge is 0.221 e. The van der Waals surface area contributed by atoms with Gasteiger partial charge in [0.15, 0.2) is 0 Å². The average Bonchev–Trinajstić information content (AvgIpc) is 2.43. The van der Waals surface area contributed by atoms with Crippen molar-refractivity contribution in [1.82, 2.24) is 0 Å². The molecule has 1 atom stereocenters. The molecule has 5 heteroatoms. The van der Waals surface area contributed by atoms with Crippen molar-refractivity contribution < 1.29 is 4.79 Å². The predicted octanol–water partition coefficient (Wildman–Crippen LogP) is 4.19. The molecule has 110 valence electrons.